The molecule has 140 valence electrons. The summed E-state index contributed by atoms with van der Waals surface area (Å²) in [7, 11) is 0. The van der Waals surface area contributed by atoms with Gasteiger partial charge in [-0.1, -0.05) is 44.2 Å². The molecule has 1 heterocycles. The minimum atomic E-state index is -0.770. The molecule has 1 aliphatic carbocycles. The van der Waals surface area contributed by atoms with E-state index in [0.717, 1.165) is 25.2 Å². The lowest BCUT2D eigenvalue weighted by atomic mass is 9.77. The second-order valence-corrected chi connectivity index (χ2v) is 6.87. The molecule has 2 aliphatic rings. The van der Waals surface area contributed by atoms with Gasteiger partial charge in [-0.2, -0.15) is 0 Å². The minimum Gasteiger partial charge on any atom is -0.492 e. The van der Waals surface area contributed by atoms with Crippen LogP contribution in [0.1, 0.15) is 46.0 Å². The van der Waals surface area contributed by atoms with Crippen molar-refractivity contribution in [2.24, 2.45) is 0 Å². The summed E-state index contributed by atoms with van der Waals surface area (Å²) in [6.07, 6.45) is -0.770. The first-order chi connectivity index (χ1) is 13.1. The molecule has 2 atom stereocenters. The average Bonchev–Trinajstić information content (AvgIpc) is 3.08. The Bertz CT molecular complexity index is 888. The molecule has 0 N–H and O–H groups in total. The summed E-state index contributed by atoms with van der Waals surface area (Å²) in [5.41, 5.74) is 1.70. The number of nitrogens with zero attached hydrogens (tertiary/aromatic N) is 1. The van der Waals surface area contributed by atoms with E-state index in [1.807, 2.05) is 12.1 Å². The van der Waals surface area contributed by atoms with Crippen LogP contribution in [0.3, 0.4) is 0 Å². The van der Waals surface area contributed by atoms with Crippen molar-refractivity contribution in [3.05, 3.63) is 59.2 Å². The van der Waals surface area contributed by atoms with Crippen LogP contribution in [0.15, 0.2) is 42.5 Å². The van der Waals surface area contributed by atoms with Crippen LogP contribution in [0.2, 0.25) is 0 Å². The highest BCUT2D eigenvalue weighted by molar-refractivity contribution is 6.19. The Morgan fingerprint density at radius 2 is 1.70 bits per heavy atom. The van der Waals surface area contributed by atoms with Crippen molar-refractivity contribution in [3.63, 3.8) is 0 Å². The number of Topliss-reactive ketones (excluding diaryl/α,β-unsaturated/α-hetero) is 2. The van der Waals surface area contributed by atoms with Gasteiger partial charge in [0, 0.05) is 29.3 Å². The Labute approximate surface area is 158 Å². The molecular weight excluding hydrogens is 342 g/mol. The highest BCUT2D eigenvalue weighted by Crippen LogP contribution is 2.45. The summed E-state index contributed by atoms with van der Waals surface area (Å²) in [4.78, 5) is 28.0. The lowest BCUT2D eigenvalue weighted by molar-refractivity contribution is 0.0701. The fraction of sp³-hybridized carbons (Fsp3) is 0.364. The van der Waals surface area contributed by atoms with Gasteiger partial charge in [-0.3, -0.25) is 9.59 Å². The number of rotatable bonds is 6. The Morgan fingerprint density at radius 3 is 2.41 bits per heavy atom. The van der Waals surface area contributed by atoms with Crippen LogP contribution >= 0.6 is 0 Å². The molecule has 0 fully saturated rings. The number of fused-ring (bicyclic) bond motifs is 4. The molecule has 0 radical (unpaired) electrons. The Balaban J connectivity index is 1.55. The van der Waals surface area contributed by atoms with Gasteiger partial charge < -0.3 is 14.4 Å². The first-order valence-corrected chi connectivity index (χ1v) is 9.47. The van der Waals surface area contributed by atoms with E-state index >= 15 is 0 Å². The lowest BCUT2D eigenvalue weighted by Crippen LogP contribution is -2.39. The third-order valence-electron chi connectivity index (χ3n) is 5.45. The molecular formula is C22H23NO4. The minimum absolute atomic E-state index is 0.0517. The molecule has 2 unspecified atom stereocenters. The van der Waals surface area contributed by atoms with E-state index in [-0.39, 0.29) is 11.6 Å². The molecule has 0 bridgehead atoms. The smallest absolute Gasteiger partial charge is 0.205 e. The van der Waals surface area contributed by atoms with Crippen molar-refractivity contribution in [1.29, 1.82) is 0 Å². The summed E-state index contributed by atoms with van der Waals surface area (Å²) in [5.74, 6) is 0.517. The van der Waals surface area contributed by atoms with E-state index < -0.39 is 12.0 Å². The molecule has 27 heavy (non-hydrogen) atoms. The fourth-order valence-electron chi connectivity index (χ4n) is 3.88. The highest BCUT2D eigenvalue weighted by Gasteiger charge is 2.48. The number of carbonyl (C=O) groups is 2. The number of likely N-dealkylation sites (N-methyl/N-ethyl adjacent to an activating group) is 1. The van der Waals surface area contributed by atoms with Crippen LogP contribution in [-0.4, -0.2) is 48.8 Å². The SMILES string of the molecule is CCN(CC)CCOc1ccc2c(c1)OC1C(=O)c3ccccc3C(=O)C21. The van der Waals surface area contributed by atoms with E-state index in [1.54, 1.807) is 30.3 Å². The predicted octanol–water partition coefficient (Wildman–Crippen LogP) is 3.33. The fourth-order valence-corrected chi connectivity index (χ4v) is 3.88. The van der Waals surface area contributed by atoms with Crippen molar-refractivity contribution in [1.82, 2.24) is 4.90 Å². The molecule has 0 saturated carbocycles. The Kier molecular flexibility index (Phi) is 4.70. The second-order valence-electron chi connectivity index (χ2n) is 6.87. The van der Waals surface area contributed by atoms with E-state index in [2.05, 4.69) is 18.7 Å². The van der Waals surface area contributed by atoms with Gasteiger partial charge >= 0.3 is 0 Å². The van der Waals surface area contributed by atoms with Crippen molar-refractivity contribution < 1.29 is 19.1 Å². The van der Waals surface area contributed by atoms with Crippen LogP contribution in [0.25, 0.3) is 0 Å². The molecule has 5 nitrogen and oxygen atoms in total. The van der Waals surface area contributed by atoms with E-state index in [0.29, 0.717) is 29.2 Å². The monoisotopic (exact) mass is 365 g/mol. The van der Waals surface area contributed by atoms with Crippen molar-refractivity contribution in [2.45, 2.75) is 25.9 Å². The number of carbonyl (C=O) groups excluding carboxylic acids is 2. The third-order valence-corrected chi connectivity index (χ3v) is 5.45. The number of hydrogen-bond acceptors (Lipinski definition) is 5. The van der Waals surface area contributed by atoms with Gasteiger partial charge in [0.05, 0.1) is 5.92 Å². The second kappa shape index (κ2) is 7.16. The Hall–Kier alpha value is -2.66. The molecule has 2 aromatic rings. The van der Waals surface area contributed by atoms with Gasteiger partial charge in [0.1, 0.15) is 18.1 Å². The van der Waals surface area contributed by atoms with Gasteiger partial charge in [0.15, 0.2) is 11.9 Å². The molecule has 0 aromatic heterocycles. The third kappa shape index (κ3) is 3.02. The van der Waals surface area contributed by atoms with Gasteiger partial charge in [0.2, 0.25) is 5.78 Å². The van der Waals surface area contributed by atoms with Crippen LogP contribution in [-0.2, 0) is 0 Å². The first-order valence-electron chi connectivity index (χ1n) is 9.47. The maximum Gasteiger partial charge on any atom is 0.205 e. The summed E-state index contributed by atoms with van der Waals surface area (Å²) in [6, 6.07) is 12.5. The highest BCUT2D eigenvalue weighted by atomic mass is 16.5. The topological polar surface area (TPSA) is 55.8 Å². The van der Waals surface area contributed by atoms with Crippen LogP contribution in [0.4, 0.5) is 0 Å². The number of hydrogen-bond donors (Lipinski definition) is 0. The van der Waals surface area contributed by atoms with Gasteiger partial charge in [-0.05, 0) is 19.2 Å². The predicted molar refractivity (Wildman–Crippen MR) is 102 cm³/mol. The molecule has 5 heteroatoms. The maximum absolute atomic E-state index is 12.9. The van der Waals surface area contributed by atoms with Gasteiger partial charge in [-0.15, -0.1) is 0 Å². The summed E-state index contributed by atoms with van der Waals surface area (Å²) < 4.78 is 11.7. The van der Waals surface area contributed by atoms with Crippen LogP contribution < -0.4 is 9.47 Å². The summed E-state index contributed by atoms with van der Waals surface area (Å²) in [5, 5.41) is 0. The normalized spacial score (nSPS) is 20.1. The molecule has 4 rings (SSSR count). The molecule has 0 spiro atoms. The average molecular weight is 365 g/mol. The molecule has 2 aromatic carbocycles. The van der Waals surface area contributed by atoms with E-state index in [4.69, 9.17) is 9.47 Å². The zero-order valence-corrected chi connectivity index (χ0v) is 15.6. The van der Waals surface area contributed by atoms with Crippen LogP contribution in [0, 0.1) is 0 Å². The Morgan fingerprint density at radius 1 is 1.00 bits per heavy atom. The lowest BCUT2D eigenvalue weighted by Gasteiger charge is -2.24. The van der Waals surface area contributed by atoms with Crippen molar-refractivity contribution in [3.8, 4) is 11.5 Å². The number of ether oxygens (including phenoxy) is 2. The maximum atomic E-state index is 12.9. The van der Waals surface area contributed by atoms with Crippen LogP contribution in [0.5, 0.6) is 11.5 Å². The quantitative estimate of drug-likeness (QED) is 0.786. The van der Waals surface area contributed by atoms with Crippen molar-refractivity contribution in [2.75, 3.05) is 26.2 Å². The molecule has 0 amide bonds. The largest absolute Gasteiger partial charge is 0.492 e. The molecule has 0 saturated heterocycles. The van der Waals surface area contributed by atoms with Gasteiger partial charge in [0.25, 0.3) is 0 Å². The van der Waals surface area contributed by atoms with E-state index in [1.165, 1.54) is 0 Å². The van der Waals surface area contributed by atoms with Gasteiger partial charge in [-0.25, -0.2) is 0 Å². The zero-order valence-electron chi connectivity index (χ0n) is 15.6. The van der Waals surface area contributed by atoms with E-state index in [9.17, 15) is 9.59 Å². The first kappa shape index (κ1) is 17.7. The summed E-state index contributed by atoms with van der Waals surface area (Å²) >= 11 is 0. The summed E-state index contributed by atoms with van der Waals surface area (Å²) in [6.45, 7) is 7.66. The van der Waals surface area contributed by atoms with Crippen molar-refractivity contribution >= 4 is 11.6 Å². The molecule has 1 aliphatic heterocycles. The standard InChI is InChI=1S/C22H23NO4/c1-3-23(4-2)11-12-26-14-9-10-17-18(13-14)27-22-19(17)20(24)15-7-5-6-8-16(15)21(22)25/h5-10,13,19,22H,3-4,11-12H2,1-2H3. The number of benzene rings is 2. The zero-order chi connectivity index (χ0) is 19.0. The number of ketones is 2.